The van der Waals surface area contributed by atoms with Gasteiger partial charge in [0.05, 0.1) is 22.2 Å². The highest BCUT2D eigenvalue weighted by atomic mass is 32.2. The van der Waals surface area contributed by atoms with Gasteiger partial charge in [-0.2, -0.15) is 0 Å². The van der Waals surface area contributed by atoms with Gasteiger partial charge in [-0.25, -0.2) is 13.4 Å². The topological polar surface area (TPSA) is 67.8 Å². The average Bonchev–Trinajstić information content (AvgIpc) is 3.19. The third-order valence-electron chi connectivity index (χ3n) is 5.42. The van der Waals surface area contributed by atoms with Crippen molar-refractivity contribution in [2.75, 3.05) is 11.3 Å². The fourth-order valence-electron chi connectivity index (χ4n) is 3.47. The number of nitrogens with one attached hydrogen (secondary N) is 1. The predicted octanol–water partition coefficient (Wildman–Crippen LogP) is 5.14. The van der Waals surface area contributed by atoms with Crippen LogP contribution in [0.4, 0.5) is 5.69 Å². The normalized spacial score (nSPS) is 16.9. The number of aliphatic imine (C=N–C) groups is 1. The third kappa shape index (κ3) is 3.92. The quantitative estimate of drug-likeness (QED) is 0.633. The highest BCUT2D eigenvalue weighted by Gasteiger charge is 2.32. The van der Waals surface area contributed by atoms with Crippen LogP contribution in [0.15, 0.2) is 70.6 Å². The van der Waals surface area contributed by atoms with Gasteiger partial charge in [-0.05, 0) is 46.9 Å². The number of fused-ring (bicyclic) bond motifs is 1. The smallest absolute Gasteiger partial charge is 0.261 e. The first-order chi connectivity index (χ1) is 14.1. The second-order valence-electron chi connectivity index (χ2n) is 8.74. The monoisotopic (exact) mass is 422 g/mol. The van der Waals surface area contributed by atoms with Gasteiger partial charge in [-0.15, -0.1) is 0 Å². The Labute approximate surface area is 177 Å². The van der Waals surface area contributed by atoms with E-state index in [2.05, 4.69) is 25.5 Å². The number of anilines is 1. The molecule has 0 saturated carbocycles. The molecule has 30 heavy (non-hydrogen) atoms. The number of benzene rings is 3. The fourth-order valence-corrected chi connectivity index (χ4v) is 4.66. The molecule has 0 aliphatic carbocycles. The molecule has 1 N–H and O–H groups in total. The van der Waals surface area contributed by atoms with Gasteiger partial charge in [0.2, 0.25) is 5.90 Å². The first kappa shape index (κ1) is 20.4. The Hall–Kier alpha value is -2.86. The first-order valence-electron chi connectivity index (χ1n) is 9.97. The molecular weight excluding hydrogens is 396 g/mol. The van der Waals surface area contributed by atoms with Crippen LogP contribution in [0.1, 0.15) is 31.9 Å². The molecule has 3 aromatic carbocycles. The van der Waals surface area contributed by atoms with E-state index in [4.69, 9.17) is 9.73 Å². The van der Waals surface area contributed by atoms with Crippen molar-refractivity contribution in [3.63, 3.8) is 0 Å². The van der Waals surface area contributed by atoms with Crippen LogP contribution in [-0.2, 0) is 14.8 Å². The van der Waals surface area contributed by atoms with Crippen molar-refractivity contribution < 1.29 is 13.2 Å². The summed E-state index contributed by atoms with van der Waals surface area (Å²) in [4.78, 5) is 4.95. The number of rotatable bonds is 4. The number of nitrogens with zero attached hydrogens (tertiary/aromatic N) is 1. The molecule has 5 nitrogen and oxygen atoms in total. The van der Waals surface area contributed by atoms with Crippen molar-refractivity contribution in [1.82, 2.24) is 0 Å². The Bertz CT molecular complexity index is 1240. The minimum atomic E-state index is -3.78. The second-order valence-corrected chi connectivity index (χ2v) is 10.4. The van der Waals surface area contributed by atoms with E-state index in [-0.39, 0.29) is 16.4 Å². The number of hydrogen-bond donors (Lipinski definition) is 1. The van der Waals surface area contributed by atoms with E-state index in [1.807, 2.05) is 55.5 Å². The maximum absolute atomic E-state index is 13.2. The van der Waals surface area contributed by atoms with Crippen molar-refractivity contribution >= 4 is 32.4 Å². The molecule has 4 rings (SSSR count). The van der Waals surface area contributed by atoms with Crippen LogP contribution in [0.25, 0.3) is 10.8 Å². The number of para-hydroxylation sites is 1. The van der Waals surface area contributed by atoms with Crippen molar-refractivity contribution in [3.8, 4) is 0 Å². The first-order valence-corrected chi connectivity index (χ1v) is 11.5. The summed E-state index contributed by atoms with van der Waals surface area (Å²) in [6.45, 7) is 8.72. The van der Waals surface area contributed by atoms with Crippen LogP contribution < -0.4 is 4.72 Å². The fraction of sp³-hybridized carbons (Fsp3) is 0.292. The summed E-state index contributed by atoms with van der Waals surface area (Å²) < 4.78 is 35.0. The van der Waals surface area contributed by atoms with E-state index >= 15 is 0 Å². The van der Waals surface area contributed by atoms with Gasteiger partial charge in [0, 0.05) is 0 Å². The molecule has 0 bridgehead atoms. The summed E-state index contributed by atoms with van der Waals surface area (Å²) in [5.41, 5.74) is 1.93. The molecule has 0 amide bonds. The van der Waals surface area contributed by atoms with E-state index < -0.39 is 10.0 Å². The van der Waals surface area contributed by atoms with Crippen LogP contribution in [0.5, 0.6) is 0 Å². The number of hydrogen-bond acceptors (Lipinski definition) is 4. The minimum Gasteiger partial charge on any atom is -0.475 e. The standard InChI is InChI=1S/C24H26N2O3S/c1-16-8-7-11-20(23-25-21(15-29-23)24(2,3)4)22(16)26-30(27,28)19-13-12-17-9-5-6-10-18(17)14-19/h5-14,21,26H,15H2,1-4H3/t21-/m0/s1. The average molecular weight is 423 g/mol. The molecule has 1 aliphatic heterocycles. The minimum absolute atomic E-state index is 0.0259. The predicted molar refractivity (Wildman–Crippen MR) is 122 cm³/mol. The molecule has 0 fully saturated rings. The van der Waals surface area contributed by atoms with Gasteiger partial charge in [0.1, 0.15) is 6.61 Å². The van der Waals surface area contributed by atoms with Crippen LogP contribution >= 0.6 is 0 Å². The van der Waals surface area contributed by atoms with Crippen molar-refractivity contribution in [2.24, 2.45) is 10.4 Å². The van der Waals surface area contributed by atoms with Crippen molar-refractivity contribution in [3.05, 3.63) is 71.8 Å². The lowest BCUT2D eigenvalue weighted by molar-refractivity contribution is 0.236. The Morgan fingerprint density at radius 2 is 1.73 bits per heavy atom. The molecule has 0 spiro atoms. The van der Waals surface area contributed by atoms with E-state index in [1.165, 1.54) is 0 Å². The van der Waals surface area contributed by atoms with Crippen LogP contribution in [0, 0.1) is 12.3 Å². The van der Waals surface area contributed by atoms with E-state index in [1.54, 1.807) is 12.1 Å². The lowest BCUT2D eigenvalue weighted by Gasteiger charge is -2.21. The van der Waals surface area contributed by atoms with Gasteiger partial charge >= 0.3 is 0 Å². The van der Waals surface area contributed by atoms with Gasteiger partial charge in [0.15, 0.2) is 0 Å². The molecule has 1 heterocycles. The summed E-state index contributed by atoms with van der Waals surface area (Å²) in [7, 11) is -3.78. The summed E-state index contributed by atoms with van der Waals surface area (Å²) >= 11 is 0. The summed E-state index contributed by atoms with van der Waals surface area (Å²) in [6, 6.07) is 18.5. The zero-order valence-corrected chi connectivity index (χ0v) is 18.5. The third-order valence-corrected chi connectivity index (χ3v) is 6.77. The molecule has 0 unspecified atom stereocenters. The molecule has 0 radical (unpaired) electrons. The summed E-state index contributed by atoms with van der Waals surface area (Å²) in [5.74, 6) is 0.481. The van der Waals surface area contributed by atoms with E-state index in [0.29, 0.717) is 23.8 Å². The number of sulfonamides is 1. The van der Waals surface area contributed by atoms with Crippen LogP contribution in [0.2, 0.25) is 0 Å². The highest BCUT2D eigenvalue weighted by molar-refractivity contribution is 7.92. The van der Waals surface area contributed by atoms with Gasteiger partial charge in [0.25, 0.3) is 10.0 Å². The number of aryl methyl sites for hydroxylation is 1. The Morgan fingerprint density at radius 1 is 1.00 bits per heavy atom. The van der Waals surface area contributed by atoms with Crippen molar-refractivity contribution in [2.45, 2.75) is 38.6 Å². The molecular formula is C24H26N2O3S. The Morgan fingerprint density at radius 3 is 2.43 bits per heavy atom. The number of ether oxygens (including phenoxy) is 1. The van der Waals surface area contributed by atoms with Crippen LogP contribution in [0.3, 0.4) is 0 Å². The molecule has 0 saturated heterocycles. The largest absolute Gasteiger partial charge is 0.475 e. The van der Waals surface area contributed by atoms with Crippen molar-refractivity contribution in [1.29, 1.82) is 0 Å². The zero-order chi connectivity index (χ0) is 21.5. The summed E-state index contributed by atoms with van der Waals surface area (Å²) in [6.07, 6.45) is 0. The zero-order valence-electron chi connectivity index (χ0n) is 17.6. The molecule has 0 aromatic heterocycles. The summed E-state index contributed by atoms with van der Waals surface area (Å²) in [5, 5.41) is 1.87. The maximum atomic E-state index is 13.2. The van der Waals surface area contributed by atoms with Gasteiger partial charge in [-0.1, -0.05) is 63.2 Å². The molecule has 1 atom stereocenters. The lowest BCUT2D eigenvalue weighted by atomic mass is 9.88. The maximum Gasteiger partial charge on any atom is 0.261 e. The SMILES string of the molecule is Cc1cccc(C2=N[C@H](C(C)(C)C)CO2)c1NS(=O)(=O)c1ccc2ccccc2c1. The Balaban J connectivity index is 1.72. The molecule has 6 heteroatoms. The molecule has 1 aliphatic rings. The Kier molecular flexibility index (Phi) is 5.06. The van der Waals surface area contributed by atoms with E-state index in [0.717, 1.165) is 16.3 Å². The van der Waals surface area contributed by atoms with Crippen LogP contribution in [-0.4, -0.2) is 27.0 Å². The van der Waals surface area contributed by atoms with Gasteiger partial charge < -0.3 is 4.74 Å². The highest BCUT2D eigenvalue weighted by Crippen LogP contribution is 2.31. The second kappa shape index (κ2) is 7.43. The van der Waals surface area contributed by atoms with Gasteiger partial charge in [-0.3, -0.25) is 4.72 Å². The lowest BCUT2D eigenvalue weighted by Crippen LogP contribution is -2.25. The molecule has 3 aromatic rings. The molecule has 156 valence electrons. The van der Waals surface area contributed by atoms with E-state index in [9.17, 15) is 8.42 Å².